The Bertz CT molecular complexity index is 738. The van der Waals surface area contributed by atoms with E-state index in [1.54, 1.807) is 0 Å². The van der Waals surface area contributed by atoms with Crippen LogP contribution in [0, 0.1) is 0 Å². The van der Waals surface area contributed by atoms with Gasteiger partial charge >= 0.3 is 15.5 Å². The van der Waals surface area contributed by atoms with Crippen LogP contribution in [-0.2, 0) is 10.0 Å². The molecule has 0 unspecified atom stereocenters. The normalized spacial score (nSPS) is 12.7. The summed E-state index contributed by atoms with van der Waals surface area (Å²) in [6.07, 6.45) is 0.854. The number of hydrogen-bond acceptors (Lipinski definition) is 2. The molecule has 1 aromatic carbocycles. The van der Waals surface area contributed by atoms with E-state index in [0.717, 1.165) is 6.20 Å². The van der Waals surface area contributed by atoms with Gasteiger partial charge < -0.3 is 0 Å². The molecule has 0 aliphatic heterocycles. The van der Waals surface area contributed by atoms with E-state index in [-0.39, 0.29) is 14.1 Å². The summed E-state index contributed by atoms with van der Waals surface area (Å²) in [4.78, 5) is 0. The third-order valence-corrected chi connectivity index (χ3v) is 4.53. The van der Waals surface area contributed by atoms with Crippen LogP contribution in [0.15, 0.2) is 41.0 Å². The van der Waals surface area contributed by atoms with E-state index in [9.17, 15) is 21.6 Å². The Balaban J connectivity index is 2.66. The smallest absolute Gasteiger partial charge is 0.236 e. The van der Waals surface area contributed by atoms with Crippen molar-refractivity contribution in [3.8, 4) is 11.3 Å². The zero-order valence-corrected chi connectivity index (χ0v) is 12.7. The number of aromatic nitrogens is 1. The predicted octanol–water partition coefficient (Wildman–Crippen LogP) is 4.27. The van der Waals surface area contributed by atoms with Gasteiger partial charge in [0.25, 0.3) is 0 Å². The lowest BCUT2D eigenvalue weighted by Gasteiger charge is -2.12. The fraction of sp³-hybridized carbons (Fsp3) is 0.0909. The summed E-state index contributed by atoms with van der Waals surface area (Å²) in [6.45, 7) is 0. The third-order valence-electron chi connectivity index (χ3n) is 2.44. The summed E-state index contributed by atoms with van der Waals surface area (Å²) in [7, 11) is -5.49. The largest absolute Gasteiger partial charge is 0.517 e. The van der Waals surface area contributed by atoms with Crippen molar-refractivity contribution in [3.05, 3.63) is 46.0 Å². The Hall–Kier alpha value is -0.990. The molecule has 0 radical (unpaired) electrons. The average Bonchev–Trinajstić information content (AvgIpc) is 2.71. The molecule has 2 rings (SSSR count). The summed E-state index contributed by atoms with van der Waals surface area (Å²) in [6, 6.07) is 7.08. The number of rotatable bonds is 2. The molecule has 0 N–H and O–H groups in total. The van der Waals surface area contributed by atoms with Gasteiger partial charge in [-0.05, 0) is 39.7 Å². The van der Waals surface area contributed by atoms with E-state index in [1.807, 2.05) is 0 Å². The van der Waals surface area contributed by atoms with Crippen LogP contribution in [0.3, 0.4) is 0 Å². The lowest BCUT2D eigenvalue weighted by molar-refractivity contribution is -0.0445. The molecule has 0 saturated heterocycles. The van der Waals surface area contributed by atoms with Crippen LogP contribution in [0.4, 0.5) is 13.2 Å². The van der Waals surface area contributed by atoms with Crippen LogP contribution in [0.1, 0.15) is 0 Å². The van der Waals surface area contributed by atoms with E-state index < -0.39 is 15.5 Å². The molecule has 108 valence electrons. The maximum Gasteiger partial charge on any atom is 0.517 e. The van der Waals surface area contributed by atoms with Gasteiger partial charge in [-0.2, -0.15) is 21.6 Å². The zero-order valence-electron chi connectivity index (χ0n) is 9.53. The van der Waals surface area contributed by atoms with Crippen molar-refractivity contribution in [3.63, 3.8) is 0 Å². The summed E-state index contributed by atoms with van der Waals surface area (Å²) in [5.41, 5.74) is -5.19. The lowest BCUT2D eigenvalue weighted by atomic mass is 10.2. The summed E-state index contributed by atoms with van der Waals surface area (Å²) >= 11 is 8.67. The van der Waals surface area contributed by atoms with E-state index in [4.69, 9.17) is 11.6 Å². The number of benzene rings is 1. The molecule has 20 heavy (non-hydrogen) atoms. The molecular weight excluding hydrogens is 383 g/mol. The molecule has 0 aliphatic carbocycles. The Kier molecular flexibility index (Phi) is 3.92. The molecular formula is C11H6BrClF3NO2S. The molecule has 0 amide bonds. The molecule has 0 spiro atoms. The molecule has 0 aliphatic rings. The Labute approximate surface area is 126 Å². The van der Waals surface area contributed by atoms with E-state index in [1.165, 1.54) is 30.3 Å². The van der Waals surface area contributed by atoms with Crippen molar-refractivity contribution >= 4 is 37.6 Å². The highest BCUT2D eigenvalue weighted by Gasteiger charge is 2.48. The second kappa shape index (κ2) is 5.09. The van der Waals surface area contributed by atoms with Crippen molar-refractivity contribution in [1.82, 2.24) is 3.97 Å². The maximum atomic E-state index is 12.6. The van der Waals surface area contributed by atoms with Gasteiger partial charge in [-0.25, -0.2) is 3.97 Å². The van der Waals surface area contributed by atoms with Crippen LogP contribution >= 0.6 is 27.5 Å². The first-order chi connectivity index (χ1) is 9.13. The third kappa shape index (κ3) is 2.72. The topological polar surface area (TPSA) is 39.1 Å². The van der Waals surface area contributed by atoms with Gasteiger partial charge in [0.15, 0.2) is 0 Å². The Morgan fingerprint density at radius 2 is 1.70 bits per heavy atom. The zero-order chi connectivity index (χ0) is 15.1. The van der Waals surface area contributed by atoms with Gasteiger partial charge in [-0.1, -0.05) is 23.7 Å². The number of alkyl halides is 3. The van der Waals surface area contributed by atoms with E-state index in [2.05, 4.69) is 15.9 Å². The molecule has 0 atom stereocenters. The van der Waals surface area contributed by atoms with Crippen molar-refractivity contribution < 1.29 is 21.6 Å². The van der Waals surface area contributed by atoms with Crippen molar-refractivity contribution in [1.29, 1.82) is 0 Å². The second-order valence-corrected chi connectivity index (χ2v) is 6.96. The minimum absolute atomic E-state index is 0.106. The Morgan fingerprint density at radius 1 is 1.15 bits per heavy atom. The molecule has 0 saturated carbocycles. The van der Waals surface area contributed by atoms with Crippen molar-refractivity contribution in [2.45, 2.75) is 5.51 Å². The second-order valence-electron chi connectivity index (χ2n) is 3.80. The Morgan fingerprint density at radius 3 is 2.20 bits per heavy atom. The SMILES string of the molecule is O=S(=O)(n1cc(Br)cc1-c1ccc(Cl)cc1)C(F)(F)F. The predicted molar refractivity (Wildman–Crippen MR) is 73.0 cm³/mol. The van der Waals surface area contributed by atoms with E-state index >= 15 is 0 Å². The molecule has 1 heterocycles. The molecule has 0 bridgehead atoms. The summed E-state index contributed by atoms with van der Waals surface area (Å²) in [5.74, 6) is 0. The van der Waals surface area contributed by atoms with Crippen LogP contribution in [0.25, 0.3) is 11.3 Å². The first-order valence-corrected chi connectivity index (χ1v) is 7.70. The van der Waals surface area contributed by atoms with Gasteiger partial charge in [0, 0.05) is 15.7 Å². The summed E-state index contributed by atoms with van der Waals surface area (Å²) < 4.78 is 61.4. The van der Waals surface area contributed by atoms with Gasteiger partial charge in [0.1, 0.15) is 0 Å². The van der Waals surface area contributed by atoms with Crippen LogP contribution < -0.4 is 0 Å². The molecule has 3 nitrogen and oxygen atoms in total. The fourth-order valence-electron chi connectivity index (χ4n) is 1.55. The van der Waals surface area contributed by atoms with Crippen molar-refractivity contribution in [2.24, 2.45) is 0 Å². The number of hydrogen-bond donors (Lipinski definition) is 0. The first kappa shape index (κ1) is 15.4. The minimum Gasteiger partial charge on any atom is -0.236 e. The lowest BCUT2D eigenvalue weighted by Crippen LogP contribution is -2.29. The quantitative estimate of drug-likeness (QED) is 0.771. The number of halogens is 5. The molecule has 2 aromatic rings. The van der Waals surface area contributed by atoms with Crippen LogP contribution in [0.2, 0.25) is 5.02 Å². The van der Waals surface area contributed by atoms with Gasteiger partial charge in [0.2, 0.25) is 0 Å². The highest BCUT2D eigenvalue weighted by molar-refractivity contribution is 9.10. The fourth-order valence-corrected chi connectivity index (χ4v) is 3.13. The van der Waals surface area contributed by atoms with Gasteiger partial charge in [-0.3, -0.25) is 0 Å². The van der Waals surface area contributed by atoms with Crippen molar-refractivity contribution in [2.75, 3.05) is 0 Å². The van der Waals surface area contributed by atoms with Gasteiger partial charge in [-0.15, -0.1) is 0 Å². The van der Waals surface area contributed by atoms with Gasteiger partial charge in [0.05, 0.1) is 5.69 Å². The first-order valence-electron chi connectivity index (χ1n) is 5.08. The highest BCUT2D eigenvalue weighted by Crippen LogP contribution is 2.33. The maximum absolute atomic E-state index is 12.6. The molecule has 9 heteroatoms. The average molecular weight is 389 g/mol. The molecule has 1 aromatic heterocycles. The van der Waals surface area contributed by atoms with Crippen LogP contribution in [-0.4, -0.2) is 17.9 Å². The monoisotopic (exact) mass is 387 g/mol. The highest BCUT2D eigenvalue weighted by atomic mass is 79.9. The minimum atomic E-state index is -5.49. The number of nitrogens with zero attached hydrogens (tertiary/aromatic N) is 1. The van der Waals surface area contributed by atoms with Crippen LogP contribution in [0.5, 0.6) is 0 Å². The standard InChI is InChI=1S/C11H6BrClF3NO2S/c12-8-5-10(7-1-3-9(13)4-2-7)17(6-8)20(18,19)11(14,15)16/h1-6H. The van der Waals surface area contributed by atoms with E-state index in [0.29, 0.717) is 10.6 Å². The summed E-state index contributed by atoms with van der Waals surface area (Å²) in [5, 5.41) is 0.393. The molecule has 0 fully saturated rings.